The molecule has 8 nitrogen and oxygen atoms in total. The highest BCUT2D eigenvalue weighted by molar-refractivity contribution is 5.94. The van der Waals surface area contributed by atoms with Gasteiger partial charge in [0.05, 0.1) is 22.7 Å². The van der Waals surface area contributed by atoms with Crippen LogP contribution >= 0.6 is 0 Å². The molecule has 0 atom stereocenters. The smallest absolute Gasteiger partial charge is 0.275 e. The molecular weight excluding hydrogens is 538 g/mol. The maximum Gasteiger partial charge on any atom is 0.275 e. The van der Waals surface area contributed by atoms with Crippen molar-refractivity contribution in [3.63, 3.8) is 0 Å². The summed E-state index contributed by atoms with van der Waals surface area (Å²) in [7, 11) is 0. The number of hydrogen-bond donors (Lipinski definition) is 1. The minimum absolute atomic E-state index is 0.126. The molecule has 1 aliphatic carbocycles. The molecule has 2 aromatic heterocycles. The number of amides is 1. The molecule has 3 aromatic carbocycles. The molecule has 0 unspecified atom stereocenters. The van der Waals surface area contributed by atoms with Gasteiger partial charge in [0, 0.05) is 47.6 Å². The Morgan fingerprint density at radius 3 is 2.40 bits per heavy atom. The molecule has 1 amide bonds. The second-order valence-corrected chi connectivity index (χ2v) is 11.8. The summed E-state index contributed by atoms with van der Waals surface area (Å²) in [5, 5.41) is 17.2. The van der Waals surface area contributed by atoms with Crippen molar-refractivity contribution in [1.29, 1.82) is 0 Å². The van der Waals surface area contributed by atoms with Crippen molar-refractivity contribution in [2.75, 3.05) is 18.0 Å². The molecular formula is C35H35N5O3. The zero-order valence-corrected chi connectivity index (χ0v) is 24.3. The van der Waals surface area contributed by atoms with E-state index >= 15 is 0 Å². The van der Waals surface area contributed by atoms with Crippen molar-refractivity contribution >= 4 is 33.4 Å². The van der Waals surface area contributed by atoms with Crippen molar-refractivity contribution in [3.8, 4) is 11.3 Å². The third kappa shape index (κ3) is 5.39. The van der Waals surface area contributed by atoms with Crippen LogP contribution in [0, 0.1) is 6.92 Å². The molecule has 8 heteroatoms. The van der Waals surface area contributed by atoms with E-state index in [1.54, 1.807) is 6.07 Å². The molecule has 1 saturated carbocycles. The highest BCUT2D eigenvalue weighted by Gasteiger charge is 2.34. The fourth-order valence-electron chi connectivity index (χ4n) is 6.21. The molecule has 0 radical (unpaired) electrons. The van der Waals surface area contributed by atoms with Crippen molar-refractivity contribution in [2.24, 2.45) is 0 Å². The van der Waals surface area contributed by atoms with E-state index in [2.05, 4.69) is 30.0 Å². The first-order valence-electron chi connectivity index (χ1n) is 15.1. The first kappa shape index (κ1) is 27.3. The summed E-state index contributed by atoms with van der Waals surface area (Å²) in [6, 6.07) is 25.7. The number of anilines is 1. The molecule has 3 heterocycles. The van der Waals surface area contributed by atoms with E-state index in [0.717, 1.165) is 51.6 Å². The van der Waals surface area contributed by atoms with Crippen LogP contribution in [-0.2, 0) is 17.9 Å². The van der Waals surface area contributed by atoms with Gasteiger partial charge in [0.25, 0.3) is 5.56 Å². The Kier molecular flexibility index (Phi) is 7.15. The summed E-state index contributed by atoms with van der Waals surface area (Å²) >= 11 is 0. The number of aliphatic hydroxyl groups excluding tert-OH is 1. The van der Waals surface area contributed by atoms with Gasteiger partial charge in [-0.05, 0) is 50.3 Å². The standard InChI is InChI=1S/C35H35N5O3/c1-23-8-7-11-25-20-26(34(36-32(23)25)38-18-16-28(41)17-19-38)21-39(27-14-15-27)31(42)22-40-35(43)30-13-6-5-12-29(30)33(37-40)24-9-3-2-4-10-24/h2-13,20,27-28,41H,14-19,21-22H2,1H3. The molecule has 1 N–H and O–H groups in total. The SMILES string of the molecule is Cc1cccc2cc(CN(C(=O)Cn3nc(-c4ccccc4)c4ccccc4c3=O)C3CC3)c(N3CCC(O)CC3)nc12. The molecule has 43 heavy (non-hydrogen) atoms. The Morgan fingerprint density at radius 1 is 0.930 bits per heavy atom. The number of aromatic nitrogens is 3. The molecule has 218 valence electrons. The summed E-state index contributed by atoms with van der Waals surface area (Å²) in [5.41, 5.74) is 4.36. The minimum atomic E-state index is -0.292. The largest absolute Gasteiger partial charge is 0.393 e. The van der Waals surface area contributed by atoms with Gasteiger partial charge in [0.2, 0.25) is 5.91 Å². The summed E-state index contributed by atoms with van der Waals surface area (Å²) in [6.07, 6.45) is 2.97. The Hall–Kier alpha value is -4.56. The quantitative estimate of drug-likeness (QED) is 0.292. The second kappa shape index (κ2) is 11.3. The van der Waals surface area contributed by atoms with Crippen LogP contribution in [0.25, 0.3) is 32.9 Å². The van der Waals surface area contributed by atoms with Gasteiger partial charge in [-0.3, -0.25) is 9.59 Å². The number of aliphatic hydroxyl groups is 1. The van der Waals surface area contributed by atoms with Crippen molar-refractivity contribution in [2.45, 2.75) is 57.8 Å². The number of carbonyl (C=O) groups excluding carboxylic acids is 1. The van der Waals surface area contributed by atoms with E-state index in [9.17, 15) is 14.7 Å². The van der Waals surface area contributed by atoms with E-state index in [0.29, 0.717) is 43.6 Å². The lowest BCUT2D eigenvalue weighted by Crippen LogP contribution is -2.40. The first-order chi connectivity index (χ1) is 21.0. The lowest BCUT2D eigenvalue weighted by Gasteiger charge is -2.33. The zero-order chi connectivity index (χ0) is 29.5. The van der Waals surface area contributed by atoms with Gasteiger partial charge in [0.15, 0.2) is 0 Å². The molecule has 2 fully saturated rings. The van der Waals surface area contributed by atoms with E-state index in [1.807, 2.05) is 59.5 Å². The number of benzene rings is 3. The van der Waals surface area contributed by atoms with E-state index in [4.69, 9.17) is 10.1 Å². The highest BCUT2D eigenvalue weighted by atomic mass is 16.3. The fourth-order valence-corrected chi connectivity index (χ4v) is 6.21. The Bertz CT molecular complexity index is 1870. The van der Waals surface area contributed by atoms with E-state index in [1.165, 1.54) is 4.68 Å². The summed E-state index contributed by atoms with van der Waals surface area (Å²) in [5.74, 6) is 0.746. The van der Waals surface area contributed by atoms with Gasteiger partial charge in [-0.1, -0.05) is 66.7 Å². The molecule has 7 rings (SSSR count). The van der Waals surface area contributed by atoms with Gasteiger partial charge in [-0.2, -0.15) is 5.10 Å². The molecule has 1 aliphatic heterocycles. The molecule has 0 spiro atoms. The molecule has 2 aliphatic rings. The normalized spacial score (nSPS) is 15.7. The van der Waals surface area contributed by atoms with Gasteiger partial charge >= 0.3 is 0 Å². The monoisotopic (exact) mass is 573 g/mol. The van der Waals surface area contributed by atoms with E-state index < -0.39 is 0 Å². The number of piperidine rings is 1. The van der Waals surface area contributed by atoms with Crippen LogP contribution in [-0.4, -0.2) is 55.9 Å². The van der Waals surface area contributed by atoms with Gasteiger partial charge in [0.1, 0.15) is 12.4 Å². The molecule has 5 aromatic rings. The van der Waals surface area contributed by atoms with Crippen LogP contribution < -0.4 is 10.5 Å². The third-order valence-electron chi connectivity index (χ3n) is 8.72. The van der Waals surface area contributed by atoms with Gasteiger partial charge < -0.3 is 14.9 Å². The topological polar surface area (TPSA) is 91.6 Å². The summed E-state index contributed by atoms with van der Waals surface area (Å²) in [4.78, 5) is 36.9. The number of aryl methyl sites for hydroxylation is 1. The number of fused-ring (bicyclic) bond motifs is 2. The van der Waals surface area contributed by atoms with Crippen LogP contribution in [0.3, 0.4) is 0 Å². The Balaban J connectivity index is 1.25. The highest BCUT2D eigenvalue weighted by Crippen LogP contribution is 2.33. The number of rotatable bonds is 7. The number of nitrogens with zero attached hydrogens (tertiary/aromatic N) is 5. The number of pyridine rings is 1. The molecule has 0 bridgehead atoms. The Morgan fingerprint density at radius 2 is 1.65 bits per heavy atom. The van der Waals surface area contributed by atoms with Crippen LogP contribution in [0.1, 0.15) is 36.8 Å². The second-order valence-electron chi connectivity index (χ2n) is 11.8. The number of para-hydroxylation sites is 1. The van der Waals surface area contributed by atoms with Crippen molar-refractivity contribution < 1.29 is 9.90 Å². The minimum Gasteiger partial charge on any atom is -0.393 e. The van der Waals surface area contributed by atoms with Crippen molar-refractivity contribution in [3.05, 3.63) is 100 Å². The van der Waals surface area contributed by atoms with Gasteiger partial charge in [-0.15, -0.1) is 0 Å². The predicted molar refractivity (Wildman–Crippen MR) is 169 cm³/mol. The lowest BCUT2D eigenvalue weighted by molar-refractivity contribution is -0.133. The summed E-state index contributed by atoms with van der Waals surface area (Å²) in [6.45, 7) is 3.77. The average molecular weight is 574 g/mol. The number of carbonyl (C=O) groups is 1. The Labute approximate surface area is 250 Å². The van der Waals surface area contributed by atoms with Crippen LogP contribution in [0.2, 0.25) is 0 Å². The number of hydrogen-bond acceptors (Lipinski definition) is 6. The fraction of sp³-hybridized carbons (Fsp3) is 0.314. The maximum atomic E-state index is 14.0. The van der Waals surface area contributed by atoms with E-state index in [-0.39, 0.29) is 30.2 Å². The molecule has 1 saturated heterocycles. The maximum absolute atomic E-state index is 14.0. The average Bonchev–Trinajstić information content (AvgIpc) is 3.87. The third-order valence-corrected chi connectivity index (χ3v) is 8.72. The van der Waals surface area contributed by atoms with Gasteiger partial charge in [-0.25, -0.2) is 9.67 Å². The predicted octanol–water partition coefficient (Wildman–Crippen LogP) is 5.07. The summed E-state index contributed by atoms with van der Waals surface area (Å²) < 4.78 is 1.33. The van der Waals surface area contributed by atoms with Crippen LogP contribution in [0.15, 0.2) is 83.7 Å². The van der Waals surface area contributed by atoms with Crippen LogP contribution in [0.4, 0.5) is 5.82 Å². The lowest BCUT2D eigenvalue weighted by atomic mass is 10.0. The zero-order valence-electron chi connectivity index (χ0n) is 24.3. The first-order valence-corrected chi connectivity index (χ1v) is 15.1. The van der Waals surface area contributed by atoms with Crippen LogP contribution in [0.5, 0.6) is 0 Å². The van der Waals surface area contributed by atoms with Crippen molar-refractivity contribution in [1.82, 2.24) is 19.7 Å².